The lowest BCUT2D eigenvalue weighted by atomic mass is 10.4. The molecule has 12 heavy (non-hydrogen) atoms. The summed E-state index contributed by atoms with van der Waals surface area (Å²) in [6.45, 7) is 0.310. The molecule has 0 aliphatic carbocycles. The molecule has 0 rings (SSSR count). The summed E-state index contributed by atoms with van der Waals surface area (Å²) >= 11 is 0. The molecular formula is C6H10F3NO2. The average Bonchev–Trinajstić information content (AvgIpc) is 1.96. The van der Waals surface area contributed by atoms with Crippen LogP contribution in [-0.4, -0.2) is 32.3 Å². The summed E-state index contributed by atoms with van der Waals surface area (Å²) in [6.07, 6.45) is -4.50. The lowest BCUT2D eigenvalue weighted by Gasteiger charge is -2.06. The van der Waals surface area contributed by atoms with E-state index in [4.69, 9.17) is 0 Å². The van der Waals surface area contributed by atoms with Crippen LogP contribution in [0.3, 0.4) is 0 Å². The molecule has 3 nitrogen and oxygen atoms in total. The lowest BCUT2D eigenvalue weighted by Crippen LogP contribution is -2.26. The molecule has 0 aliphatic rings. The molecule has 0 heterocycles. The van der Waals surface area contributed by atoms with Gasteiger partial charge in [0, 0.05) is 0 Å². The summed E-state index contributed by atoms with van der Waals surface area (Å²) < 4.78 is 38.3. The molecule has 0 aromatic carbocycles. The van der Waals surface area contributed by atoms with Crippen LogP contribution in [0.2, 0.25) is 0 Å². The summed E-state index contributed by atoms with van der Waals surface area (Å²) in [6, 6.07) is 0. The molecule has 0 spiro atoms. The molecule has 0 amide bonds. The Hall–Kier alpha value is -0.780. The Morgan fingerprint density at radius 2 is 2.08 bits per heavy atom. The van der Waals surface area contributed by atoms with Crippen LogP contribution in [0.4, 0.5) is 13.2 Å². The van der Waals surface area contributed by atoms with Crippen LogP contribution in [0, 0.1) is 0 Å². The minimum Gasteiger partial charge on any atom is -0.459 e. The van der Waals surface area contributed by atoms with E-state index in [1.165, 1.54) is 0 Å². The molecule has 0 radical (unpaired) electrons. The van der Waals surface area contributed by atoms with Gasteiger partial charge in [-0.2, -0.15) is 13.2 Å². The van der Waals surface area contributed by atoms with E-state index in [2.05, 4.69) is 10.1 Å². The van der Waals surface area contributed by atoms with E-state index in [1.807, 2.05) is 0 Å². The van der Waals surface area contributed by atoms with Crippen molar-refractivity contribution in [2.24, 2.45) is 0 Å². The van der Waals surface area contributed by atoms with Gasteiger partial charge in [0.2, 0.25) is 0 Å². The third kappa shape index (κ3) is 4.95. The minimum atomic E-state index is -4.88. The van der Waals surface area contributed by atoms with Gasteiger partial charge in [-0.15, -0.1) is 0 Å². The van der Waals surface area contributed by atoms with E-state index in [0.717, 1.165) is 0 Å². The van der Waals surface area contributed by atoms with Gasteiger partial charge in [-0.1, -0.05) is 0 Å². The van der Waals surface area contributed by atoms with Crippen LogP contribution in [0.5, 0.6) is 0 Å². The van der Waals surface area contributed by atoms with Gasteiger partial charge in [0.25, 0.3) is 0 Å². The number of rotatable bonds is 4. The highest BCUT2D eigenvalue weighted by Crippen LogP contribution is 2.16. The van der Waals surface area contributed by atoms with Crippen molar-refractivity contribution in [1.82, 2.24) is 5.32 Å². The number of esters is 1. The van der Waals surface area contributed by atoms with Gasteiger partial charge in [0.05, 0.1) is 6.61 Å². The first-order valence-electron chi connectivity index (χ1n) is 3.37. The summed E-state index contributed by atoms with van der Waals surface area (Å²) in [7, 11) is 1.66. The van der Waals surface area contributed by atoms with E-state index in [-0.39, 0.29) is 6.61 Å². The number of nitrogens with one attached hydrogen (secondary N) is 1. The van der Waals surface area contributed by atoms with Gasteiger partial charge in [-0.25, -0.2) is 4.79 Å². The van der Waals surface area contributed by atoms with Crippen molar-refractivity contribution in [3.05, 3.63) is 0 Å². The van der Waals surface area contributed by atoms with E-state index in [9.17, 15) is 18.0 Å². The Kier molecular flexibility index (Phi) is 4.65. The first kappa shape index (κ1) is 11.2. The molecule has 72 valence electrons. The van der Waals surface area contributed by atoms with Gasteiger partial charge in [-0.05, 0) is 20.0 Å². The van der Waals surface area contributed by atoms with Crippen molar-refractivity contribution in [2.45, 2.75) is 12.6 Å². The summed E-state index contributed by atoms with van der Waals surface area (Å²) in [5.74, 6) is -2.13. The van der Waals surface area contributed by atoms with Crippen LogP contribution in [0.15, 0.2) is 0 Å². The van der Waals surface area contributed by atoms with Crippen LogP contribution >= 0.6 is 0 Å². The molecular weight excluding hydrogens is 175 g/mol. The number of carbonyl (C=O) groups is 1. The Bertz CT molecular complexity index is 146. The standard InChI is InChI=1S/C6H10F3NO2/c1-10-3-2-4-12-5(11)6(7,8)9/h10H,2-4H2,1H3. The third-order valence-corrected chi connectivity index (χ3v) is 1.04. The van der Waals surface area contributed by atoms with Gasteiger partial charge in [-0.3, -0.25) is 0 Å². The van der Waals surface area contributed by atoms with E-state index in [1.54, 1.807) is 7.05 Å². The molecule has 0 unspecified atom stereocenters. The minimum absolute atomic E-state index is 0.209. The molecule has 0 aromatic heterocycles. The first-order chi connectivity index (χ1) is 5.48. The largest absolute Gasteiger partial charge is 0.490 e. The highest BCUT2D eigenvalue weighted by atomic mass is 19.4. The highest BCUT2D eigenvalue weighted by Gasteiger charge is 2.40. The average molecular weight is 185 g/mol. The maximum absolute atomic E-state index is 11.5. The van der Waals surface area contributed by atoms with Crippen LogP contribution in [0.1, 0.15) is 6.42 Å². The summed E-state index contributed by atoms with van der Waals surface area (Å²) in [4.78, 5) is 10.1. The normalized spacial score (nSPS) is 11.3. The van der Waals surface area contributed by atoms with E-state index >= 15 is 0 Å². The van der Waals surface area contributed by atoms with Gasteiger partial charge < -0.3 is 10.1 Å². The van der Waals surface area contributed by atoms with Gasteiger partial charge >= 0.3 is 12.1 Å². The molecule has 0 aromatic rings. The molecule has 6 heteroatoms. The van der Waals surface area contributed by atoms with Crippen molar-refractivity contribution < 1.29 is 22.7 Å². The number of ether oxygens (including phenoxy) is 1. The highest BCUT2D eigenvalue weighted by molar-refractivity contribution is 5.75. The number of hydrogen-bond donors (Lipinski definition) is 1. The third-order valence-electron chi connectivity index (χ3n) is 1.04. The van der Waals surface area contributed by atoms with E-state index in [0.29, 0.717) is 13.0 Å². The zero-order valence-corrected chi connectivity index (χ0v) is 6.57. The second-order valence-electron chi connectivity index (χ2n) is 2.09. The fourth-order valence-electron chi connectivity index (χ4n) is 0.496. The van der Waals surface area contributed by atoms with Crippen LogP contribution < -0.4 is 5.32 Å². The van der Waals surface area contributed by atoms with Crippen LogP contribution in [0.25, 0.3) is 0 Å². The van der Waals surface area contributed by atoms with Crippen molar-refractivity contribution in [3.63, 3.8) is 0 Å². The molecule has 0 bridgehead atoms. The number of hydrogen-bond acceptors (Lipinski definition) is 3. The van der Waals surface area contributed by atoms with Crippen molar-refractivity contribution in [1.29, 1.82) is 0 Å². The Morgan fingerprint density at radius 3 is 2.50 bits per heavy atom. The predicted octanol–water partition coefficient (Wildman–Crippen LogP) is 0.701. The number of carbonyl (C=O) groups excluding carboxylic acids is 1. The lowest BCUT2D eigenvalue weighted by molar-refractivity contribution is -0.199. The number of alkyl halides is 3. The van der Waals surface area contributed by atoms with Crippen molar-refractivity contribution >= 4 is 5.97 Å². The second-order valence-corrected chi connectivity index (χ2v) is 2.09. The van der Waals surface area contributed by atoms with Gasteiger partial charge in [0.15, 0.2) is 0 Å². The zero-order chi connectivity index (χ0) is 9.61. The fourth-order valence-corrected chi connectivity index (χ4v) is 0.496. The molecule has 0 fully saturated rings. The smallest absolute Gasteiger partial charge is 0.459 e. The Balaban J connectivity index is 3.45. The predicted molar refractivity (Wildman–Crippen MR) is 35.6 cm³/mol. The molecule has 0 atom stereocenters. The Labute approximate surface area is 67.9 Å². The fraction of sp³-hybridized carbons (Fsp3) is 0.833. The van der Waals surface area contributed by atoms with Crippen molar-refractivity contribution in [3.8, 4) is 0 Å². The van der Waals surface area contributed by atoms with E-state index < -0.39 is 12.1 Å². The first-order valence-corrected chi connectivity index (χ1v) is 3.37. The zero-order valence-electron chi connectivity index (χ0n) is 6.57. The molecule has 0 saturated heterocycles. The summed E-state index contributed by atoms with van der Waals surface area (Å²) in [5, 5.41) is 2.71. The maximum atomic E-state index is 11.5. The number of halogens is 3. The maximum Gasteiger partial charge on any atom is 0.490 e. The topological polar surface area (TPSA) is 38.3 Å². The molecule has 1 N–H and O–H groups in total. The monoisotopic (exact) mass is 185 g/mol. The second kappa shape index (κ2) is 4.97. The molecule has 0 saturated carbocycles. The molecule has 0 aliphatic heterocycles. The SMILES string of the molecule is CNCCCOC(=O)C(F)(F)F. The van der Waals surface area contributed by atoms with Gasteiger partial charge in [0.1, 0.15) is 0 Å². The van der Waals surface area contributed by atoms with Crippen LogP contribution in [-0.2, 0) is 9.53 Å². The Morgan fingerprint density at radius 1 is 1.50 bits per heavy atom. The quantitative estimate of drug-likeness (QED) is 0.517. The summed E-state index contributed by atoms with van der Waals surface area (Å²) in [5.41, 5.74) is 0. The van der Waals surface area contributed by atoms with Crippen molar-refractivity contribution in [2.75, 3.05) is 20.2 Å².